The maximum atomic E-state index is 14.1. The van der Waals surface area contributed by atoms with Crippen molar-refractivity contribution in [1.82, 2.24) is 24.3 Å². The molecule has 35 heavy (non-hydrogen) atoms. The summed E-state index contributed by atoms with van der Waals surface area (Å²) in [7, 11) is 5.57. The van der Waals surface area contributed by atoms with Gasteiger partial charge in [-0.05, 0) is 31.3 Å². The monoisotopic (exact) mass is 499 g/mol. The maximum Gasteiger partial charge on any atom is 0.227 e. The lowest BCUT2D eigenvalue weighted by Crippen LogP contribution is -2.32. The minimum absolute atomic E-state index is 0.136. The van der Waals surface area contributed by atoms with E-state index in [1.165, 1.54) is 18.5 Å². The van der Waals surface area contributed by atoms with E-state index in [9.17, 15) is 4.39 Å². The predicted octanol–water partition coefficient (Wildman–Crippen LogP) is 3.70. The Kier molecular flexibility index (Phi) is 7.64. The number of benzene rings is 1. The number of nitrogens with zero attached hydrogens (tertiary/aromatic N) is 6. The molecule has 3 aromatic heterocycles. The van der Waals surface area contributed by atoms with E-state index in [-0.39, 0.29) is 12.3 Å². The molecule has 0 atom stereocenters. The number of aromatic nitrogens is 4. The van der Waals surface area contributed by atoms with E-state index in [1.54, 1.807) is 23.8 Å². The van der Waals surface area contributed by atoms with E-state index in [4.69, 9.17) is 21.4 Å². The Morgan fingerprint density at radius 2 is 1.97 bits per heavy atom. The van der Waals surface area contributed by atoms with Crippen molar-refractivity contribution in [3.63, 3.8) is 0 Å². The van der Waals surface area contributed by atoms with E-state index < -0.39 is 5.82 Å². The first kappa shape index (κ1) is 24.6. The Morgan fingerprint density at radius 3 is 2.74 bits per heavy atom. The van der Waals surface area contributed by atoms with Gasteiger partial charge in [0.15, 0.2) is 11.5 Å². The highest BCUT2D eigenvalue weighted by atomic mass is 35.5. The average Bonchev–Trinajstić information content (AvgIpc) is 3.29. The zero-order valence-electron chi connectivity index (χ0n) is 19.7. The number of likely N-dealkylation sites (N-methyl/N-ethyl adjacent to an activating group) is 2. The highest BCUT2D eigenvalue weighted by molar-refractivity contribution is 6.32. The Morgan fingerprint density at radius 1 is 1.14 bits per heavy atom. The fraction of sp³-hybridized carbons (Fsp3) is 0.292. The van der Waals surface area contributed by atoms with Crippen molar-refractivity contribution in [3.8, 4) is 17.1 Å². The van der Waals surface area contributed by atoms with Crippen LogP contribution in [0.5, 0.6) is 5.75 Å². The quantitative estimate of drug-likeness (QED) is 0.341. The van der Waals surface area contributed by atoms with Gasteiger partial charge >= 0.3 is 0 Å². The molecule has 0 aliphatic carbocycles. The maximum absolute atomic E-state index is 14.1. The summed E-state index contributed by atoms with van der Waals surface area (Å²) in [5.74, 6) is 0.493. The molecule has 0 fully saturated rings. The molecule has 4 aromatic rings. The molecule has 0 spiro atoms. The number of hydrogen-bond donors (Lipinski definition) is 2. The second-order valence-corrected chi connectivity index (χ2v) is 8.45. The van der Waals surface area contributed by atoms with Gasteiger partial charge in [-0.1, -0.05) is 11.6 Å². The van der Waals surface area contributed by atoms with Gasteiger partial charge in [0.05, 0.1) is 42.5 Å². The van der Waals surface area contributed by atoms with Crippen LogP contribution in [0.3, 0.4) is 0 Å². The zero-order valence-corrected chi connectivity index (χ0v) is 20.5. The van der Waals surface area contributed by atoms with Crippen LogP contribution in [0.15, 0.2) is 48.9 Å². The van der Waals surface area contributed by atoms with Gasteiger partial charge < -0.3 is 25.0 Å². The third-order valence-electron chi connectivity index (χ3n) is 5.65. The van der Waals surface area contributed by atoms with Crippen LogP contribution in [0.4, 0.5) is 21.7 Å². The first-order valence-corrected chi connectivity index (χ1v) is 11.4. The molecule has 11 heteroatoms. The van der Waals surface area contributed by atoms with Crippen LogP contribution in [-0.4, -0.2) is 76.8 Å². The summed E-state index contributed by atoms with van der Waals surface area (Å²) in [5, 5.41) is 12.6. The van der Waals surface area contributed by atoms with Crippen LogP contribution in [-0.2, 0) is 0 Å². The van der Waals surface area contributed by atoms with Crippen LogP contribution in [0.2, 0.25) is 5.02 Å². The number of aliphatic hydroxyl groups excluding tert-OH is 1. The molecule has 0 aliphatic rings. The lowest BCUT2D eigenvalue weighted by molar-refractivity contribution is 0.224. The second kappa shape index (κ2) is 10.9. The van der Waals surface area contributed by atoms with Gasteiger partial charge in [-0.15, -0.1) is 0 Å². The largest absolute Gasteiger partial charge is 0.494 e. The number of pyridine rings is 1. The minimum atomic E-state index is -0.433. The van der Waals surface area contributed by atoms with Gasteiger partial charge in [0, 0.05) is 44.6 Å². The third-order valence-corrected chi connectivity index (χ3v) is 5.92. The van der Waals surface area contributed by atoms with Gasteiger partial charge in [-0.3, -0.25) is 4.40 Å². The topological polar surface area (TPSA) is 91.0 Å². The van der Waals surface area contributed by atoms with E-state index in [1.807, 2.05) is 32.3 Å². The summed E-state index contributed by atoms with van der Waals surface area (Å²) in [6, 6.07) is 8.74. The van der Waals surface area contributed by atoms with Gasteiger partial charge in [0.2, 0.25) is 5.95 Å². The number of fused-ring (bicyclic) bond motifs is 1. The Bertz CT molecular complexity index is 1320. The number of imidazole rings is 1. The summed E-state index contributed by atoms with van der Waals surface area (Å²) >= 11 is 6.38. The molecule has 0 bridgehead atoms. The van der Waals surface area contributed by atoms with E-state index in [0.29, 0.717) is 40.3 Å². The first-order valence-electron chi connectivity index (χ1n) is 11.0. The highest BCUT2D eigenvalue weighted by Gasteiger charge is 2.16. The number of methoxy groups -OCH3 is 1. The van der Waals surface area contributed by atoms with Gasteiger partial charge in [0.25, 0.3) is 0 Å². The molecule has 3 heterocycles. The number of halogens is 2. The minimum Gasteiger partial charge on any atom is -0.494 e. The lowest BCUT2D eigenvalue weighted by Gasteiger charge is -2.24. The molecule has 1 aromatic carbocycles. The number of ether oxygens (including phenoxy) is 1. The van der Waals surface area contributed by atoms with Crippen LogP contribution >= 0.6 is 11.6 Å². The Balaban J connectivity index is 1.57. The summed E-state index contributed by atoms with van der Waals surface area (Å²) in [6.45, 7) is 2.37. The lowest BCUT2D eigenvalue weighted by atomic mass is 10.2. The molecule has 0 saturated carbocycles. The molecule has 2 N–H and O–H groups in total. The Labute approximate surface area is 207 Å². The van der Waals surface area contributed by atoms with Crippen LogP contribution in [0.1, 0.15) is 0 Å². The van der Waals surface area contributed by atoms with Crippen molar-refractivity contribution in [2.24, 2.45) is 0 Å². The Hall–Kier alpha value is -3.47. The van der Waals surface area contributed by atoms with Crippen molar-refractivity contribution in [3.05, 3.63) is 59.8 Å². The van der Waals surface area contributed by atoms with E-state index in [2.05, 4.69) is 30.1 Å². The SMILES string of the molecule is COc1cc(N(C)CCN(C)CCO)ccc1Nc1ncc(Cl)c(-c2cnc3c(F)cccn23)n1. The number of anilines is 3. The van der Waals surface area contributed by atoms with Crippen molar-refractivity contribution in [2.45, 2.75) is 0 Å². The van der Waals surface area contributed by atoms with Crippen LogP contribution in [0, 0.1) is 5.82 Å². The molecule has 9 nitrogen and oxygen atoms in total. The highest BCUT2D eigenvalue weighted by Crippen LogP contribution is 2.33. The molecular weight excluding hydrogens is 473 g/mol. The first-order chi connectivity index (χ1) is 16.9. The molecule has 0 unspecified atom stereocenters. The van der Waals surface area contributed by atoms with Crippen molar-refractivity contribution in [2.75, 3.05) is 57.7 Å². The van der Waals surface area contributed by atoms with Gasteiger partial charge in [-0.2, -0.15) is 0 Å². The second-order valence-electron chi connectivity index (χ2n) is 8.04. The number of nitrogens with one attached hydrogen (secondary N) is 1. The number of aliphatic hydroxyl groups is 1. The molecule has 0 radical (unpaired) electrons. The summed E-state index contributed by atoms with van der Waals surface area (Å²) in [4.78, 5) is 17.2. The molecule has 0 aliphatic heterocycles. The molecular formula is C24H27ClFN7O2. The third kappa shape index (κ3) is 5.45. The average molecular weight is 500 g/mol. The molecule has 0 saturated heterocycles. The van der Waals surface area contributed by atoms with Gasteiger partial charge in [0.1, 0.15) is 11.4 Å². The smallest absolute Gasteiger partial charge is 0.227 e. The van der Waals surface area contributed by atoms with Gasteiger partial charge in [-0.25, -0.2) is 19.3 Å². The van der Waals surface area contributed by atoms with Crippen molar-refractivity contribution in [1.29, 1.82) is 0 Å². The van der Waals surface area contributed by atoms with E-state index in [0.717, 1.165) is 18.8 Å². The van der Waals surface area contributed by atoms with Crippen molar-refractivity contribution < 1.29 is 14.2 Å². The summed E-state index contributed by atoms with van der Waals surface area (Å²) in [6.07, 6.45) is 4.72. The molecule has 0 amide bonds. The van der Waals surface area contributed by atoms with Crippen molar-refractivity contribution >= 4 is 34.6 Å². The number of hydrogen-bond acceptors (Lipinski definition) is 8. The fourth-order valence-corrected chi connectivity index (χ4v) is 3.82. The fourth-order valence-electron chi connectivity index (χ4n) is 3.63. The summed E-state index contributed by atoms with van der Waals surface area (Å²) < 4.78 is 21.3. The normalized spacial score (nSPS) is 11.3. The predicted molar refractivity (Wildman–Crippen MR) is 135 cm³/mol. The standard InChI is InChI=1S/C24H27ClFN7O2/c1-31(11-12-34)9-10-32(2)16-6-7-19(21(13-16)35-3)29-24-28-14-17(25)22(30-24)20-15-27-23-18(26)5-4-8-33(20)23/h4-8,13-15,34H,9-12H2,1-3H3,(H,28,29,30). The van der Waals surface area contributed by atoms with E-state index >= 15 is 0 Å². The zero-order chi connectivity index (χ0) is 24.9. The summed E-state index contributed by atoms with van der Waals surface area (Å²) in [5.41, 5.74) is 2.82. The van der Waals surface area contributed by atoms with Crippen LogP contribution in [0.25, 0.3) is 17.0 Å². The van der Waals surface area contributed by atoms with Crippen LogP contribution < -0.4 is 15.0 Å². The number of rotatable bonds is 10. The molecule has 184 valence electrons. The molecule has 4 rings (SSSR count).